The third-order valence-electron chi connectivity index (χ3n) is 3.93. The standard InChI is InChI=1S/C22H32FNO5/c1-7-28-19(25)16(22(5,6)27)14-17(23)18(13-15-11-9-8-10-12-15)24-20(26)29-21(2,3)4/h8-12,14,16,18,27H,7,13H2,1-6H3,(H,24,26)/b17-14-/t16?,18-/m1/s1. The van der Waals surface area contributed by atoms with Crippen molar-refractivity contribution in [3.05, 3.63) is 47.8 Å². The molecule has 0 heterocycles. The summed E-state index contributed by atoms with van der Waals surface area (Å²) in [6.07, 6.45) is 0.366. The molecular weight excluding hydrogens is 377 g/mol. The van der Waals surface area contributed by atoms with Gasteiger partial charge in [-0.2, -0.15) is 0 Å². The lowest BCUT2D eigenvalue weighted by atomic mass is 9.89. The molecule has 0 fully saturated rings. The van der Waals surface area contributed by atoms with E-state index >= 15 is 4.39 Å². The highest BCUT2D eigenvalue weighted by molar-refractivity contribution is 5.76. The second kappa shape index (κ2) is 10.4. The molecular formula is C22H32FNO5. The van der Waals surface area contributed by atoms with Crippen LogP contribution in [0.3, 0.4) is 0 Å². The van der Waals surface area contributed by atoms with Gasteiger partial charge in [0.15, 0.2) is 0 Å². The highest BCUT2D eigenvalue weighted by Gasteiger charge is 2.35. The minimum absolute atomic E-state index is 0.102. The number of ether oxygens (including phenoxy) is 2. The maximum atomic E-state index is 15.2. The number of nitrogens with one attached hydrogen (secondary N) is 1. The van der Waals surface area contributed by atoms with Gasteiger partial charge in [-0.3, -0.25) is 4.79 Å². The molecule has 162 valence electrons. The third kappa shape index (κ3) is 9.09. The van der Waals surface area contributed by atoms with Crippen LogP contribution in [0, 0.1) is 5.92 Å². The molecule has 1 rings (SSSR count). The average molecular weight is 409 g/mol. The van der Waals surface area contributed by atoms with Gasteiger partial charge in [-0.05, 0) is 59.6 Å². The number of rotatable bonds is 8. The first kappa shape index (κ1) is 24.6. The first-order chi connectivity index (χ1) is 13.3. The van der Waals surface area contributed by atoms with E-state index in [0.29, 0.717) is 0 Å². The summed E-state index contributed by atoms with van der Waals surface area (Å²) < 4.78 is 25.4. The molecule has 1 amide bonds. The lowest BCUT2D eigenvalue weighted by Gasteiger charge is -2.27. The largest absolute Gasteiger partial charge is 0.465 e. The summed E-state index contributed by atoms with van der Waals surface area (Å²) in [6.45, 7) is 9.63. The van der Waals surface area contributed by atoms with Crippen LogP contribution in [0.2, 0.25) is 0 Å². The molecule has 1 unspecified atom stereocenters. The zero-order valence-corrected chi connectivity index (χ0v) is 18.0. The van der Waals surface area contributed by atoms with E-state index in [-0.39, 0.29) is 13.0 Å². The van der Waals surface area contributed by atoms with Crippen molar-refractivity contribution in [3.8, 4) is 0 Å². The average Bonchev–Trinajstić information content (AvgIpc) is 2.57. The molecule has 0 saturated heterocycles. The summed E-state index contributed by atoms with van der Waals surface area (Å²) in [5.74, 6) is -2.74. The monoisotopic (exact) mass is 409 g/mol. The van der Waals surface area contributed by atoms with Crippen molar-refractivity contribution >= 4 is 12.1 Å². The number of carbonyl (C=O) groups is 2. The molecule has 0 bridgehead atoms. The molecule has 2 N–H and O–H groups in total. The minimum Gasteiger partial charge on any atom is -0.465 e. The first-order valence-electron chi connectivity index (χ1n) is 9.63. The third-order valence-corrected chi connectivity index (χ3v) is 3.93. The zero-order valence-electron chi connectivity index (χ0n) is 18.0. The van der Waals surface area contributed by atoms with E-state index < -0.39 is 41.1 Å². The number of amides is 1. The van der Waals surface area contributed by atoms with Gasteiger partial charge in [0.1, 0.15) is 17.3 Å². The van der Waals surface area contributed by atoms with Crippen LogP contribution < -0.4 is 5.32 Å². The molecule has 7 heteroatoms. The van der Waals surface area contributed by atoms with Gasteiger partial charge < -0.3 is 19.9 Å². The molecule has 6 nitrogen and oxygen atoms in total. The summed E-state index contributed by atoms with van der Waals surface area (Å²) in [5, 5.41) is 12.8. The number of esters is 1. The van der Waals surface area contributed by atoms with E-state index in [1.54, 1.807) is 52.0 Å². The van der Waals surface area contributed by atoms with Crippen molar-refractivity contribution in [1.29, 1.82) is 0 Å². The van der Waals surface area contributed by atoms with E-state index in [9.17, 15) is 14.7 Å². The highest BCUT2D eigenvalue weighted by Crippen LogP contribution is 2.24. The van der Waals surface area contributed by atoms with Gasteiger partial charge in [0.05, 0.1) is 18.2 Å². The molecule has 0 spiro atoms. The van der Waals surface area contributed by atoms with Crippen LogP contribution in [-0.2, 0) is 20.7 Å². The molecule has 0 saturated carbocycles. The predicted molar refractivity (Wildman–Crippen MR) is 109 cm³/mol. The smallest absolute Gasteiger partial charge is 0.408 e. The van der Waals surface area contributed by atoms with Crippen molar-refractivity contribution in [2.24, 2.45) is 5.92 Å². The van der Waals surface area contributed by atoms with E-state index in [4.69, 9.17) is 9.47 Å². The Kier molecular flexibility index (Phi) is 8.82. The zero-order chi connectivity index (χ0) is 22.2. The minimum atomic E-state index is -1.55. The van der Waals surface area contributed by atoms with Crippen LogP contribution >= 0.6 is 0 Å². The first-order valence-corrected chi connectivity index (χ1v) is 9.63. The SMILES string of the molecule is CCOC(=O)C(/C=C(\F)[C@@H](Cc1ccccc1)NC(=O)OC(C)(C)C)C(C)(C)O. The van der Waals surface area contributed by atoms with Crippen LogP contribution in [-0.4, -0.2) is 41.0 Å². The van der Waals surface area contributed by atoms with E-state index in [1.165, 1.54) is 13.8 Å². The van der Waals surface area contributed by atoms with Gasteiger partial charge in [-0.15, -0.1) is 0 Å². The Morgan fingerprint density at radius 1 is 1.17 bits per heavy atom. The molecule has 0 aliphatic carbocycles. The van der Waals surface area contributed by atoms with Crippen LogP contribution in [0.15, 0.2) is 42.2 Å². The summed E-state index contributed by atoms with van der Waals surface area (Å²) in [6, 6.07) is 7.97. The summed E-state index contributed by atoms with van der Waals surface area (Å²) >= 11 is 0. The topological polar surface area (TPSA) is 84.9 Å². The van der Waals surface area contributed by atoms with Crippen LogP contribution in [0.25, 0.3) is 0 Å². The predicted octanol–water partition coefficient (Wildman–Crippen LogP) is 3.93. The van der Waals surface area contributed by atoms with Crippen LogP contribution in [0.4, 0.5) is 9.18 Å². The van der Waals surface area contributed by atoms with Crippen molar-refractivity contribution in [1.82, 2.24) is 5.32 Å². The lowest BCUT2D eigenvalue weighted by Crippen LogP contribution is -2.42. The quantitative estimate of drug-likeness (QED) is 0.636. The Morgan fingerprint density at radius 3 is 2.24 bits per heavy atom. The van der Waals surface area contributed by atoms with E-state index in [0.717, 1.165) is 11.6 Å². The highest BCUT2D eigenvalue weighted by atomic mass is 19.1. The molecule has 1 aromatic carbocycles. The summed E-state index contributed by atoms with van der Waals surface area (Å²) in [5.41, 5.74) is -1.51. The van der Waals surface area contributed by atoms with E-state index in [1.807, 2.05) is 6.07 Å². The van der Waals surface area contributed by atoms with Crippen LogP contribution in [0.5, 0.6) is 0 Å². The van der Waals surface area contributed by atoms with Crippen molar-refractivity contribution in [2.45, 2.75) is 65.2 Å². The Bertz CT molecular complexity index is 704. The molecule has 0 aromatic heterocycles. The molecule has 0 aliphatic heterocycles. The van der Waals surface area contributed by atoms with E-state index in [2.05, 4.69) is 5.32 Å². The Balaban J connectivity index is 3.18. The second-order valence-corrected chi connectivity index (χ2v) is 8.32. The lowest BCUT2D eigenvalue weighted by molar-refractivity contribution is -0.153. The summed E-state index contributed by atoms with van der Waals surface area (Å²) in [7, 11) is 0. The number of aliphatic hydroxyl groups is 1. The maximum Gasteiger partial charge on any atom is 0.408 e. The number of hydrogen-bond donors (Lipinski definition) is 2. The normalized spacial score (nSPS) is 14.7. The Labute approximate surface area is 172 Å². The number of benzene rings is 1. The fourth-order valence-corrected chi connectivity index (χ4v) is 2.58. The van der Waals surface area contributed by atoms with Gasteiger partial charge in [0.2, 0.25) is 0 Å². The fraction of sp³-hybridized carbons (Fsp3) is 0.545. The van der Waals surface area contributed by atoms with Crippen molar-refractivity contribution < 1.29 is 28.6 Å². The molecule has 1 aromatic rings. The Hall–Kier alpha value is -2.41. The van der Waals surface area contributed by atoms with Gasteiger partial charge >= 0.3 is 12.1 Å². The fourth-order valence-electron chi connectivity index (χ4n) is 2.58. The van der Waals surface area contributed by atoms with Gasteiger partial charge in [0, 0.05) is 0 Å². The van der Waals surface area contributed by atoms with Gasteiger partial charge in [0.25, 0.3) is 0 Å². The Morgan fingerprint density at radius 2 is 1.76 bits per heavy atom. The van der Waals surface area contributed by atoms with Gasteiger partial charge in [-0.25, -0.2) is 9.18 Å². The molecule has 29 heavy (non-hydrogen) atoms. The number of halogens is 1. The molecule has 2 atom stereocenters. The number of alkyl carbamates (subject to hydrolysis) is 1. The maximum absolute atomic E-state index is 15.2. The molecule has 0 radical (unpaired) electrons. The second-order valence-electron chi connectivity index (χ2n) is 8.32. The molecule has 0 aliphatic rings. The van der Waals surface area contributed by atoms with Crippen LogP contribution in [0.1, 0.15) is 47.1 Å². The number of carbonyl (C=O) groups excluding carboxylic acids is 2. The van der Waals surface area contributed by atoms with Crippen molar-refractivity contribution in [3.63, 3.8) is 0 Å². The summed E-state index contributed by atoms with van der Waals surface area (Å²) in [4.78, 5) is 24.4. The van der Waals surface area contributed by atoms with Crippen molar-refractivity contribution in [2.75, 3.05) is 6.61 Å². The number of hydrogen-bond acceptors (Lipinski definition) is 5. The van der Waals surface area contributed by atoms with Gasteiger partial charge in [-0.1, -0.05) is 30.3 Å².